The maximum Gasteiger partial charge on any atom is 0.236 e. The number of nitrogens with one attached hydrogen (secondary N) is 1. The number of likely N-dealkylation sites (tertiary alicyclic amines) is 1. The van der Waals surface area contributed by atoms with Crippen molar-refractivity contribution in [1.29, 1.82) is 0 Å². The van der Waals surface area contributed by atoms with E-state index in [-0.39, 0.29) is 17.5 Å². The molecule has 4 heteroatoms. The van der Waals surface area contributed by atoms with Crippen LogP contribution in [0.4, 0.5) is 0 Å². The monoisotopic (exact) mass is 309 g/mol. The van der Waals surface area contributed by atoms with Gasteiger partial charge in [-0.15, -0.1) is 0 Å². The van der Waals surface area contributed by atoms with Crippen molar-refractivity contribution >= 4 is 5.91 Å². The van der Waals surface area contributed by atoms with E-state index in [4.69, 9.17) is 5.73 Å². The number of carbonyl (C=O) groups excluding carboxylic acids is 1. The molecule has 0 radical (unpaired) electrons. The molecule has 2 rings (SSSR count). The summed E-state index contributed by atoms with van der Waals surface area (Å²) in [5, 5.41) is 3.19. The number of carbonyl (C=O) groups is 1. The Morgan fingerprint density at radius 1 is 1.09 bits per heavy atom. The van der Waals surface area contributed by atoms with E-state index >= 15 is 0 Å². The summed E-state index contributed by atoms with van der Waals surface area (Å²) in [6, 6.07) is -0.359. The van der Waals surface area contributed by atoms with Crippen LogP contribution in [0.25, 0.3) is 0 Å². The van der Waals surface area contributed by atoms with Crippen LogP contribution in [-0.4, -0.2) is 42.0 Å². The molecule has 0 aromatic rings. The molecule has 1 saturated heterocycles. The molecule has 1 amide bonds. The summed E-state index contributed by atoms with van der Waals surface area (Å²) < 4.78 is 0. The van der Waals surface area contributed by atoms with Crippen molar-refractivity contribution in [2.75, 3.05) is 19.6 Å². The van der Waals surface area contributed by atoms with Crippen molar-refractivity contribution in [3.63, 3.8) is 0 Å². The van der Waals surface area contributed by atoms with Crippen LogP contribution in [0.15, 0.2) is 0 Å². The molecule has 0 aromatic heterocycles. The Labute approximate surface area is 136 Å². The second-order valence-electron chi connectivity index (χ2n) is 7.79. The minimum Gasteiger partial charge on any atom is -0.353 e. The summed E-state index contributed by atoms with van der Waals surface area (Å²) in [5.74, 6) is 0.502. The predicted molar refractivity (Wildman–Crippen MR) is 91.7 cm³/mol. The fourth-order valence-corrected chi connectivity index (χ4v) is 4.18. The van der Waals surface area contributed by atoms with E-state index < -0.39 is 0 Å². The van der Waals surface area contributed by atoms with E-state index in [9.17, 15) is 4.79 Å². The lowest BCUT2D eigenvalue weighted by Crippen LogP contribution is -2.59. The maximum absolute atomic E-state index is 12.3. The highest BCUT2D eigenvalue weighted by molar-refractivity contribution is 5.81. The topological polar surface area (TPSA) is 58.4 Å². The van der Waals surface area contributed by atoms with Gasteiger partial charge in [0.05, 0.1) is 6.04 Å². The zero-order chi connectivity index (χ0) is 16.0. The summed E-state index contributed by atoms with van der Waals surface area (Å²) in [5.41, 5.74) is 6.23. The quantitative estimate of drug-likeness (QED) is 0.793. The van der Waals surface area contributed by atoms with Crippen LogP contribution in [0.1, 0.15) is 71.6 Å². The molecule has 1 saturated carbocycles. The Balaban J connectivity index is 1.93. The zero-order valence-corrected chi connectivity index (χ0v) is 14.6. The van der Waals surface area contributed by atoms with Gasteiger partial charge in [-0.3, -0.25) is 9.69 Å². The van der Waals surface area contributed by atoms with Crippen molar-refractivity contribution in [2.24, 2.45) is 11.7 Å². The molecule has 0 spiro atoms. The Kier molecular flexibility index (Phi) is 6.69. The van der Waals surface area contributed by atoms with E-state index in [2.05, 4.69) is 24.1 Å². The zero-order valence-electron chi connectivity index (χ0n) is 14.6. The normalized spacial score (nSPS) is 24.2. The summed E-state index contributed by atoms with van der Waals surface area (Å²) >= 11 is 0. The van der Waals surface area contributed by atoms with Gasteiger partial charge in [0.2, 0.25) is 5.91 Å². The second kappa shape index (κ2) is 8.30. The largest absolute Gasteiger partial charge is 0.353 e. The Hall–Kier alpha value is -0.610. The molecule has 1 aliphatic heterocycles. The van der Waals surface area contributed by atoms with Crippen molar-refractivity contribution in [1.82, 2.24) is 10.2 Å². The van der Waals surface area contributed by atoms with Gasteiger partial charge < -0.3 is 11.1 Å². The van der Waals surface area contributed by atoms with Crippen molar-refractivity contribution in [2.45, 2.75) is 83.2 Å². The molecular weight excluding hydrogens is 274 g/mol. The number of rotatable bonds is 6. The van der Waals surface area contributed by atoms with E-state index in [1.54, 1.807) is 0 Å². The van der Waals surface area contributed by atoms with Crippen molar-refractivity contribution in [3.05, 3.63) is 0 Å². The summed E-state index contributed by atoms with van der Waals surface area (Å²) in [7, 11) is 0. The smallest absolute Gasteiger partial charge is 0.236 e. The van der Waals surface area contributed by atoms with Crippen molar-refractivity contribution < 1.29 is 4.79 Å². The molecular formula is C18H35N3O. The first-order valence-electron chi connectivity index (χ1n) is 9.32. The van der Waals surface area contributed by atoms with E-state index in [1.165, 1.54) is 64.5 Å². The summed E-state index contributed by atoms with van der Waals surface area (Å²) in [6.45, 7) is 7.42. The van der Waals surface area contributed by atoms with E-state index in [0.29, 0.717) is 5.92 Å². The first-order chi connectivity index (χ1) is 10.5. The number of nitrogens with two attached hydrogens (primary N) is 1. The first-order valence-corrected chi connectivity index (χ1v) is 9.32. The third-order valence-corrected chi connectivity index (χ3v) is 5.46. The average Bonchev–Trinajstić information content (AvgIpc) is 2.53. The molecule has 2 aliphatic rings. The van der Waals surface area contributed by atoms with Crippen LogP contribution >= 0.6 is 0 Å². The molecule has 1 atom stereocenters. The molecule has 1 aliphatic carbocycles. The third-order valence-electron chi connectivity index (χ3n) is 5.46. The predicted octanol–water partition coefficient (Wildman–Crippen LogP) is 2.66. The van der Waals surface area contributed by atoms with Gasteiger partial charge in [-0.25, -0.2) is 0 Å². The summed E-state index contributed by atoms with van der Waals surface area (Å²) in [4.78, 5) is 15.0. The Morgan fingerprint density at radius 2 is 1.68 bits per heavy atom. The van der Waals surface area contributed by atoms with Gasteiger partial charge in [0.1, 0.15) is 0 Å². The van der Waals surface area contributed by atoms with Crippen molar-refractivity contribution in [3.8, 4) is 0 Å². The lowest BCUT2D eigenvalue weighted by molar-refractivity contribution is -0.123. The van der Waals surface area contributed by atoms with Crippen LogP contribution < -0.4 is 11.1 Å². The van der Waals surface area contributed by atoms with Crippen LogP contribution in [0.5, 0.6) is 0 Å². The standard InChI is InChI=1S/C18H35N3O/c1-15(2)13-16(19)17(22)20-14-18(9-5-3-6-10-18)21-11-7-4-8-12-21/h15-16H,3-14,19H2,1-2H3,(H,20,22)/t16-/m0/s1. The van der Waals surface area contributed by atoms with Gasteiger partial charge in [-0.05, 0) is 51.1 Å². The van der Waals surface area contributed by atoms with Gasteiger partial charge in [0.25, 0.3) is 0 Å². The molecule has 2 fully saturated rings. The van der Waals surface area contributed by atoms with Crippen LogP contribution in [-0.2, 0) is 4.79 Å². The average molecular weight is 309 g/mol. The number of nitrogens with zero attached hydrogens (tertiary/aromatic N) is 1. The molecule has 4 nitrogen and oxygen atoms in total. The first kappa shape index (κ1) is 17.7. The highest BCUT2D eigenvalue weighted by Gasteiger charge is 2.38. The lowest BCUT2D eigenvalue weighted by Gasteiger charge is -2.48. The van der Waals surface area contributed by atoms with Gasteiger partial charge in [0, 0.05) is 12.1 Å². The van der Waals surface area contributed by atoms with E-state index in [0.717, 1.165) is 13.0 Å². The highest BCUT2D eigenvalue weighted by Crippen LogP contribution is 2.35. The number of amides is 1. The molecule has 128 valence electrons. The van der Waals surface area contributed by atoms with Gasteiger partial charge in [-0.2, -0.15) is 0 Å². The SMILES string of the molecule is CC(C)C[C@H](N)C(=O)NCC1(N2CCCCC2)CCCCC1. The van der Waals surface area contributed by atoms with Crippen LogP contribution in [0.2, 0.25) is 0 Å². The third kappa shape index (κ3) is 4.69. The fourth-order valence-electron chi connectivity index (χ4n) is 4.18. The summed E-state index contributed by atoms with van der Waals surface area (Å²) in [6.07, 6.45) is 11.1. The maximum atomic E-state index is 12.3. The fraction of sp³-hybridized carbons (Fsp3) is 0.944. The number of hydrogen-bond donors (Lipinski definition) is 2. The Bertz CT molecular complexity index is 344. The number of hydrogen-bond acceptors (Lipinski definition) is 3. The lowest BCUT2D eigenvalue weighted by atomic mass is 9.79. The van der Waals surface area contributed by atoms with Gasteiger partial charge >= 0.3 is 0 Å². The minimum atomic E-state index is -0.359. The van der Waals surface area contributed by atoms with Gasteiger partial charge in [-0.1, -0.05) is 39.5 Å². The molecule has 22 heavy (non-hydrogen) atoms. The second-order valence-corrected chi connectivity index (χ2v) is 7.79. The van der Waals surface area contributed by atoms with Crippen LogP contribution in [0.3, 0.4) is 0 Å². The molecule has 0 bridgehead atoms. The Morgan fingerprint density at radius 3 is 2.27 bits per heavy atom. The molecule has 0 unspecified atom stereocenters. The van der Waals surface area contributed by atoms with Gasteiger partial charge in [0.15, 0.2) is 0 Å². The molecule has 3 N–H and O–H groups in total. The molecule has 0 aromatic carbocycles. The highest BCUT2D eigenvalue weighted by atomic mass is 16.2. The van der Waals surface area contributed by atoms with Crippen LogP contribution in [0, 0.1) is 5.92 Å². The minimum absolute atomic E-state index is 0.0376. The number of piperidine rings is 1. The molecule has 1 heterocycles. The van der Waals surface area contributed by atoms with E-state index in [1.807, 2.05) is 0 Å².